The van der Waals surface area contributed by atoms with Crippen molar-refractivity contribution in [3.8, 4) is 11.5 Å². The molecule has 0 aliphatic rings. The molecule has 2 N–H and O–H groups in total. The topological polar surface area (TPSA) is 85.3 Å². The number of H-pyrrole nitrogens is 1. The first-order chi connectivity index (χ1) is 11.7. The summed E-state index contributed by atoms with van der Waals surface area (Å²) in [5, 5.41) is 6.38. The molecule has 0 aliphatic heterocycles. The van der Waals surface area contributed by atoms with Gasteiger partial charge in [-0.25, -0.2) is 4.68 Å². The van der Waals surface area contributed by atoms with Gasteiger partial charge in [0.05, 0.1) is 25.0 Å². The predicted octanol–water partition coefficient (Wildman–Crippen LogP) is 1.78. The highest BCUT2D eigenvalue weighted by atomic mass is 16.5. The summed E-state index contributed by atoms with van der Waals surface area (Å²) in [6.07, 6.45) is 0. The van der Waals surface area contributed by atoms with Crippen LogP contribution in [0.25, 0.3) is 10.8 Å². The molecule has 2 aromatic carbocycles. The number of aromatic amines is 1. The first-order valence-electron chi connectivity index (χ1n) is 7.32. The Kier molecular flexibility index (Phi) is 4.24. The van der Waals surface area contributed by atoms with Crippen LogP contribution in [0.1, 0.15) is 0 Å². The number of fused-ring (bicyclic) bond motifs is 1. The largest absolute Gasteiger partial charge is 0.494 e. The molecule has 1 aromatic heterocycles. The van der Waals surface area contributed by atoms with E-state index in [9.17, 15) is 9.59 Å². The quantitative estimate of drug-likeness (QED) is 0.746. The van der Waals surface area contributed by atoms with Crippen molar-refractivity contribution in [3.63, 3.8) is 0 Å². The van der Waals surface area contributed by atoms with Crippen LogP contribution in [0.3, 0.4) is 0 Å². The normalized spacial score (nSPS) is 10.6. The minimum absolute atomic E-state index is 0.0651. The second-order valence-electron chi connectivity index (χ2n) is 5.09. The summed E-state index contributed by atoms with van der Waals surface area (Å²) in [6, 6.07) is 12.0. The van der Waals surface area contributed by atoms with E-state index in [0.29, 0.717) is 28.0 Å². The van der Waals surface area contributed by atoms with E-state index in [0.717, 1.165) is 0 Å². The van der Waals surface area contributed by atoms with Crippen LogP contribution in [0.2, 0.25) is 0 Å². The zero-order chi connectivity index (χ0) is 17.1. The summed E-state index contributed by atoms with van der Waals surface area (Å²) in [7, 11) is 3.09. The molecule has 0 atom stereocenters. The highest BCUT2D eigenvalue weighted by Crippen LogP contribution is 2.33. The van der Waals surface area contributed by atoms with Gasteiger partial charge in [-0.05, 0) is 24.3 Å². The summed E-state index contributed by atoms with van der Waals surface area (Å²) >= 11 is 0. The van der Waals surface area contributed by atoms with Gasteiger partial charge in [0, 0.05) is 0 Å². The minimum atomic E-state index is -0.320. The predicted molar refractivity (Wildman–Crippen MR) is 92.0 cm³/mol. The molecule has 0 aliphatic carbocycles. The van der Waals surface area contributed by atoms with Crippen molar-refractivity contribution >= 4 is 16.5 Å². The second-order valence-corrected chi connectivity index (χ2v) is 5.09. The molecule has 0 radical (unpaired) electrons. The lowest BCUT2D eigenvalue weighted by molar-refractivity contribution is 0.396. The van der Waals surface area contributed by atoms with Gasteiger partial charge >= 0.3 is 0 Å². The van der Waals surface area contributed by atoms with E-state index in [1.807, 2.05) is 0 Å². The molecular formula is C17H17N3O4. The van der Waals surface area contributed by atoms with E-state index >= 15 is 0 Å². The molecule has 0 saturated carbocycles. The lowest BCUT2D eigenvalue weighted by Crippen LogP contribution is -2.32. The third kappa shape index (κ3) is 2.71. The summed E-state index contributed by atoms with van der Waals surface area (Å²) in [4.78, 5) is 24.6. The van der Waals surface area contributed by atoms with Crippen molar-refractivity contribution in [1.82, 2.24) is 9.78 Å². The number of nitrogens with one attached hydrogen (secondary N) is 2. The van der Waals surface area contributed by atoms with Gasteiger partial charge in [-0.15, -0.1) is 0 Å². The van der Waals surface area contributed by atoms with Crippen LogP contribution >= 0.6 is 0 Å². The maximum Gasteiger partial charge on any atom is 0.274 e. The lowest BCUT2D eigenvalue weighted by atomic mass is 10.2. The number of aromatic nitrogens is 2. The number of para-hydroxylation sites is 1. The van der Waals surface area contributed by atoms with E-state index in [4.69, 9.17) is 9.47 Å². The van der Waals surface area contributed by atoms with Gasteiger partial charge in [0.2, 0.25) is 0 Å². The molecule has 0 spiro atoms. The SMILES string of the molecule is COc1cccc(OC)c1NCn1[nH]c(=O)c2ccccc2c1=O. The van der Waals surface area contributed by atoms with E-state index in [1.54, 1.807) is 56.7 Å². The van der Waals surface area contributed by atoms with Gasteiger partial charge in [0.15, 0.2) is 0 Å². The summed E-state index contributed by atoms with van der Waals surface area (Å²) in [6.45, 7) is 0.0651. The summed E-state index contributed by atoms with van der Waals surface area (Å²) in [5.41, 5.74) is -0.00559. The number of hydrogen-bond acceptors (Lipinski definition) is 5. The molecule has 0 unspecified atom stereocenters. The van der Waals surface area contributed by atoms with Crippen molar-refractivity contribution in [2.24, 2.45) is 0 Å². The number of benzene rings is 2. The lowest BCUT2D eigenvalue weighted by Gasteiger charge is -2.15. The smallest absolute Gasteiger partial charge is 0.274 e. The van der Waals surface area contributed by atoms with E-state index in [1.165, 1.54) is 4.68 Å². The number of hydrogen-bond donors (Lipinski definition) is 2. The van der Waals surface area contributed by atoms with Crippen LogP contribution in [0.5, 0.6) is 11.5 Å². The molecular weight excluding hydrogens is 310 g/mol. The van der Waals surface area contributed by atoms with Crippen molar-refractivity contribution in [3.05, 3.63) is 63.2 Å². The fourth-order valence-electron chi connectivity index (χ4n) is 2.54. The first kappa shape index (κ1) is 15.7. The summed E-state index contributed by atoms with van der Waals surface area (Å²) < 4.78 is 11.8. The molecule has 3 rings (SSSR count). The van der Waals surface area contributed by atoms with Crippen molar-refractivity contribution in [1.29, 1.82) is 0 Å². The van der Waals surface area contributed by atoms with Crippen LogP contribution in [0, 0.1) is 0 Å². The van der Waals surface area contributed by atoms with Crippen LogP contribution < -0.4 is 25.9 Å². The Labute approximate surface area is 137 Å². The van der Waals surface area contributed by atoms with Crippen molar-refractivity contribution < 1.29 is 9.47 Å². The molecule has 0 bridgehead atoms. The van der Waals surface area contributed by atoms with Gasteiger partial charge in [-0.1, -0.05) is 18.2 Å². The van der Waals surface area contributed by atoms with Crippen LogP contribution in [0.15, 0.2) is 52.1 Å². The number of nitrogens with zero attached hydrogens (tertiary/aromatic N) is 1. The average molecular weight is 327 g/mol. The number of anilines is 1. The van der Waals surface area contributed by atoms with Crippen molar-refractivity contribution in [2.75, 3.05) is 19.5 Å². The van der Waals surface area contributed by atoms with Gasteiger partial charge in [-0.3, -0.25) is 14.7 Å². The fraction of sp³-hybridized carbons (Fsp3) is 0.176. The zero-order valence-electron chi connectivity index (χ0n) is 13.3. The number of methoxy groups -OCH3 is 2. The Morgan fingerprint density at radius 1 is 0.958 bits per heavy atom. The summed E-state index contributed by atoms with van der Waals surface area (Å²) in [5.74, 6) is 1.15. The Morgan fingerprint density at radius 2 is 1.58 bits per heavy atom. The standard InChI is InChI=1S/C17H17N3O4/c1-23-13-8-5-9-14(24-2)15(13)18-10-20-17(22)12-7-4-3-6-11(12)16(21)19-20/h3-9,18H,10H2,1-2H3,(H,19,21). The monoisotopic (exact) mass is 327 g/mol. The molecule has 124 valence electrons. The first-order valence-corrected chi connectivity index (χ1v) is 7.32. The van der Waals surface area contributed by atoms with Crippen molar-refractivity contribution in [2.45, 2.75) is 6.67 Å². The minimum Gasteiger partial charge on any atom is -0.494 e. The third-order valence-corrected chi connectivity index (χ3v) is 3.73. The van der Waals surface area contributed by atoms with Gasteiger partial charge in [0.1, 0.15) is 23.9 Å². The molecule has 7 nitrogen and oxygen atoms in total. The van der Waals surface area contributed by atoms with E-state index < -0.39 is 0 Å². The Hall–Kier alpha value is -3.22. The molecule has 0 saturated heterocycles. The van der Waals surface area contributed by atoms with Crippen LogP contribution in [-0.2, 0) is 6.67 Å². The molecule has 24 heavy (non-hydrogen) atoms. The number of ether oxygens (including phenoxy) is 2. The maximum absolute atomic E-state index is 12.5. The highest BCUT2D eigenvalue weighted by molar-refractivity contribution is 5.80. The van der Waals surface area contributed by atoms with E-state index in [2.05, 4.69) is 10.4 Å². The Morgan fingerprint density at radius 3 is 2.21 bits per heavy atom. The fourth-order valence-corrected chi connectivity index (χ4v) is 2.54. The Bertz CT molecular complexity index is 969. The third-order valence-electron chi connectivity index (χ3n) is 3.73. The van der Waals surface area contributed by atoms with Crippen LogP contribution in [0.4, 0.5) is 5.69 Å². The molecule has 0 amide bonds. The average Bonchev–Trinajstić information content (AvgIpc) is 2.63. The highest BCUT2D eigenvalue weighted by Gasteiger charge is 2.11. The zero-order valence-corrected chi connectivity index (χ0v) is 13.3. The molecule has 0 fully saturated rings. The Balaban J connectivity index is 1.99. The van der Waals surface area contributed by atoms with Gasteiger partial charge in [-0.2, -0.15) is 0 Å². The van der Waals surface area contributed by atoms with Crippen LogP contribution in [-0.4, -0.2) is 24.0 Å². The van der Waals surface area contributed by atoms with Gasteiger partial charge < -0.3 is 14.8 Å². The number of rotatable bonds is 5. The maximum atomic E-state index is 12.5. The second kappa shape index (κ2) is 6.49. The molecule has 7 heteroatoms. The molecule has 3 aromatic rings. The molecule has 1 heterocycles. The van der Waals surface area contributed by atoms with E-state index in [-0.39, 0.29) is 17.8 Å². The van der Waals surface area contributed by atoms with Gasteiger partial charge in [0.25, 0.3) is 11.1 Å².